The lowest BCUT2D eigenvalue weighted by Crippen LogP contribution is -2.18. The summed E-state index contributed by atoms with van der Waals surface area (Å²) in [5.41, 5.74) is 3.02. The summed E-state index contributed by atoms with van der Waals surface area (Å²) >= 11 is 3.30. The number of nitro groups is 1. The Labute approximate surface area is 223 Å². The van der Waals surface area contributed by atoms with Crippen molar-refractivity contribution in [2.24, 2.45) is 18.9 Å². The van der Waals surface area contributed by atoms with Gasteiger partial charge in [-0.1, -0.05) is 15.9 Å². The number of ether oxygens (including phenoxy) is 2. The SMILES string of the molecule is COC(=O)c1cc(C)nc(-c2cnn(C)c2OCCC[C@H](CNc2ccc(Br)cc2[N+](=O)[O-])C2CC2)c1. The first-order chi connectivity index (χ1) is 17.8. The summed E-state index contributed by atoms with van der Waals surface area (Å²) in [4.78, 5) is 27.7. The Kier molecular flexibility index (Phi) is 8.42. The highest BCUT2D eigenvalue weighted by Crippen LogP contribution is 2.40. The van der Waals surface area contributed by atoms with Crippen LogP contribution in [0, 0.1) is 28.9 Å². The zero-order chi connectivity index (χ0) is 26.5. The van der Waals surface area contributed by atoms with Crippen molar-refractivity contribution in [3.63, 3.8) is 0 Å². The number of pyridine rings is 1. The van der Waals surface area contributed by atoms with Crippen molar-refractivity contribution in [1.29, 1.82) is 0 Å². The summed E-state index contributed by atoms with van der Waals surface area (Å²) < 4.78 is 13.3. The second kappa shape index (κ2) is 11.7. The van der Waals surface area contributed by atoms with Crippen molar-refractivity contribution in [3.8, 4) is 17.1 Å². The highest BCUT2D eigenvalue weighted by atomic mass is 79.9. The molecule has 1 fully saturated rings. The molecular weight excluding hydrogens is 542 g/mol. The van der Waals surface area contributed by atoms with E-state index in [-0.39, 0.29) is 10.6 Å². The maximum atomic E-state index is 12.0. The zero-order valence-electron chi connectivity index (χ0n) is 21.1. The van der Waals surface area contributed by atoms with Gasteiger partial charge in [-0.05, 0) is 68.7 Å². The summed E-state index contributed by atoms with van der Waals surface area (Å²) in [6.45, 7) is 2.99. The minimum Gasteiger partial charge on any atom is -0.477 e. The molecule has 1 atom stereocenters. The molecule has 2 heterocycles. The minimum absolute atomic E-state index is 0.0658. The maximum absolute atomic E-state index is 12.0. The molecule has 1 aliphatic carbocycles. The molecule has 11 heteroatoms. The predicted octanol–water partition coefficient (Wildman–Crippen LogP) is 5.55. The molecule has 10 nitrogen and oxygen atoms in total. The second-order valence-electron chi connectivity index (χ2n) is 9.25. The molecule has 0 radical (unpaired) electrons. The third-order valence-electron chi connectivity index (χ3n) is 6.49. The number of carbonyl (C=O) groups excluding carboxylic acids is 1. The number of aryl methyl sites for hydroxylation is 2. The van der Waals surface area contributed by atoms with Crippen LogP contribution in [0.2, 0.25) is 0 Å². The standard InChI is InChI=1S/C26H30BrN5O5/c1-16-11-19(26(33)36-3)12-23(30-16)21-15-29-31(2)25(21)37-10-4-5-18(17-6-7-17)14-28-22-9-8-20(27)13-24(22)32(34)35/h8-9,11-13,15,17-18,28H,4-7,10,14H2,1-3H3/t18-/m1/s1. The number of esters is 1. The molecule has 0 unspecified atom stereocenters. The molecule has 0 bridgehead atoms. The van der Waals surface area contributed by atoms with Gasteiger partial charge in [-0.2, -0.15) is 5.10 Å². The highest BCUT2D eigenvalue weighted by molar-refractivity contribution is 9.10. The van der Waals surface area contributed by atoms with E-state index in [1.165, 1.54) is 26.0 Å². The van der Waals surface area contributed by atoms with Crippen molar-refractivity contribution in [1.82, 2.24) is 14.8 Å². The Hall–Kier alpha value is -3.47. The van der Waals surface area contributed by atoms with Crippen LogP contribution >= 0.6 is 15.9 Å². The monoisotopic (exact) mass is 571 g/mol. The molecule has 37 heavy (non-hydrogen) atoms. The van der Waals surface area contributed by atoms with E-state index in [0.29, 0.717) is 63.5 Å². The number of rotatable bonds is 12. The van der Waals surface area contributed by atoms with Gasteiger partial charge in [0.15, 0.2) is 0 Å². The highest BCUT2D eigenvalue weighted by Gasteiger charge is 2.31. The summed E-state index contributed by atoms with van der Waals surface area (Å²) in [6.07, 6.45) is 5.81. The van der Waals surface area contributed by atoms with Gasteiger partial charge < -0.3 is 14.8 Å². The van der Waals surface area contributed by atoms with Crippen LogP contribution in [0.25, 0.3) is 11.3 Å². The van der Waals surface area contributed by atoms with Crippen LogP contribution in [-0.2, 0) is 11.8 Å². The Balaban J connectivity index is 1.37. The summed E-state index contributed by atoms with van der Waals surface area (Å²) in [6, 6.07) is 8.42. The lowest BCUT2D eigenvalue weighted by molar-refractivity contribution is -0.384. The van der Waals surface area contributed by atoms with Gasteiger partial charge in [0, 0.05) is 29.8 Å². The van der Waals surface area contributed by atoms with E-state index in [9.17, 15) is 14.9 Å². The van der Waals surface area contributed by atoms with Gasteiger partial charge in [0.05, 0.1) is 41.7 Å². The molecule has 1 aromatic carbocycles. The molecule has 3 aromatic rings. The van der Waals surface area contributed by atoms with E-state index in [2.05, 4.69) is 31.3 Å². The second-order valence-corrected chi connectivity index (χ2v) is 10.2. The van der Waals surface area contributed by atoms with E-state index >= 15 is 0 Å². The van der Waals surface area contributed by atoms with Crippen LogP contribution in [0.5, 0.6) is 5.88 Å². The molecule has 2 aromatic heterocycles. The number of hydrogen-bond acceptors (Lipinski definition) is 8. The first kappa shape index (κ1) is 26.6. The Morgan fingerprint density at radius 2 is 2.11 bits per heavy atom. The Bertz CT molecular complexity index is 1290. The van der Waals surface area contributed by atoms with Gasteiger partial charge in [-0.25, -0.2) is 9.48 Å². The number of carbonyl (C=O) groups is 1. The molecule has 0 aliphatic heterocycles. The number of benzene rings is 1. The van der Waals surface area contributed by atoms with Gasteiger partial charge in [-0.3, -0.25) is 15.1 Å². The van der Waals surface area contributed by atoms with E-state index < -0.39 is 5.97 Å². The lowest BCUT2D eigenvalue weighted by Gasteiger charge is -2.18. The molecule has 1 N–H and O–H groups in total. The number of nitrogens with zero attached hydrogens (tertiary/aromatic N) is 4. The first-order valence-electron chi connectivity index (χ1n) is 12.2. The van der Waals surface area contributed by atoms with Crippen molar-refractivity contribution < 1.29 is 19.2 Å². The molecule has 1 aliphatic rings. The normalized spacial score (nSPS) is 13.7. The van der Waals surface area contributed by atoms with Crippen LogP contribution in [-0.4, -0.2) is 45.9 Å². The van der Waals surface area contributed by atoms with E-state index in [1.807, 2.05) is 6.92 Å². The number of anilines is 1. The lowest BCUT2D eigenvalue weighted by atomic mass is 9.97. The number of nitro benzene ring substituents is 1. The third-order valence-corrected chi connectivity index (χ3v) is 6.99. The first-order valence-corrected chi connectivity index (χ1v) is 13.0. The largest absolute Gasteiger partial charge is 0.477 e. The third kappa shape index (κ3) is 6.65. The number of halogens is 1. The van der Waals surface area contributed by atoms with Crippen molar-refractivity contribution in [2.75, 3.05) is 25.6 Å². The van der Waals surface area contributed by atoms with Gasteiger partial charge >= 0.3 is 5.97 Å². The fourth-order valence-electron chi connectivity index (χ4n) is 4.45. The van der Waals surface area contributed by atoms with E-state index in [1.54, 1.807) is 42.2 Å². The predicted molar refractivity (Wildman–Crippen MR) is 143 cm³/mol. The number of hydrogen-bond donors (Lipinski definition) is 1. The average Bonchev–Trinajstić information content (AvgIpc) is 3.65. The van der Waals surface area contributed by atoms with Crippen LogP contribution in [0.1, 0.15) is 41.7 Å². The topological polar surface area (TPSA) is 121 Å². The molecule has 4 rings (SSSR count). The van der Waals surface area contributed by atoms with E-state index in [4.69, 9.17) is 9.47 Å². The molecular formula is C26H30BrN5O5. The summed E-state index contributed by atoms with van der Waals surface area (Å²) in [5.74, 6) is 1.19. The van der Waals surface area contributed by atoms with Crippen LogP contribution in [0.3, 0.4) is 0 Å². The Morgan fingerprint density at radius 1 is 1.32 bits per heavy atom. The Morgan fingerprint density at radius 3 is 2.81 bits per heavy atom. The van der Waals surface area contributed by atoms with E-state index in [0.717, 1.165) is 12.8 Å². The van der Waals surface area contributed by atoms with Gasteiger partial charge in [-0.15, -0.1) is 0 Å². The fraction of sp³-hybridized carbons (Fsp3) is 0.423. The van der Waals surface area contributed by atoms with Crippen LogP contribution < -0.4 is 10.1 Å². The van der Waals surface area contributed by atoms with Gasteiger partial charge in [0.25, 0.3) is 5.69 Å². The van der Waals surface area contributed by atoms with Gasteiger partial charge in [0.2, 0.25) is 5.88 Å². The summed E-state index contributed by atoms with van der Waals surface area (Å²) in [7, 11) is 3.15. The van der Waals surface area contributed by atoms with Crippen molar-refractivity contribution in [3.05, 3.63) is 62.4 Å². The van der Waals surface area contributed by atoms with Crippen molar-refractivity contribution >= 4 is 33.3 Å². The van der Waals surface area contributed by atoms with Crippen molar-refractivity contribution in [2.45, 2.75) is 32.6 Å². The molecule has 196 valence electrons. The number of nitrogens with one attached hydrogen (secondary N) is 1. The molecule has 0 spiro atoms. The average molecular weight is 572 g/mol. The number of aromatic nitrogens is 3. The molecule has 0 amide bonds. The summed E-state index contributed by atoms with van der Waals surface area (Å²) in [5, 5.41) is 19.1. The van der Waals surface area contributed by atoms with Crippen LogP contribution in [0.4, 0.5) is 11.4 Å². The van der Waals surface area contributed by atoms with Crippen LogP contribution in [0.15, 0.2) is 41.0 Å². The molecule has 1 saturated carbocycles. The smallest absolute Gasteiger partial charge is 0.337 e. The number of methoxy groups -OCH3 is 1. The molecule has 0 saturated heterocycles. The zero-order valence-corrected chi connectivity index (χ0v) is 22.7. The fourth-order valence-corrected chi connectivity index (χ4v) is 4.80. The minimum atomic E-state index is -0.425. The quantitative estimate of drug-likeness (QED) is 0.130. The van der Waals surface area contributed by atoms with Gasteiger partial charge in [0.1, 0.15) is 5.69 Å². The maximum Gasteiger partial charge on any atom is 0.337 e.